The molecule has 90 valence electrons. The highest BCUT2D eigenvalue weighted by Gasteiger charge is 2.15. The van der Waals surface area contributed by atoms with E-state index in [4.69, 9.17) is 21.9 Å². The molecular weight excluding hydrogens is 218 g/mol. The van der Waals surface area contributed by atoms with Gasteiger partial charge in [-0.3, -0.25) is 0 Å². The summed E-state index contributed by atoms with van der Waals surface area (Å²) >= 11 is 0. The summed E-state index contributed by atoms with van der Waals surface area (Å²) in [5.41, 5.74) is 18.7. The number of methoxy groups -OCH3 is 1. The van der Waals surface area contributed by atoms with Crippen LogP contribution in [0, 0.1) is 0 Å². The molecule has 0 unspecified atom stereocenters. The molecule has 0 amide bonds. The third-order valence-corrected chi connectivity index (χ3v) is 2.57. The SMILES string of the molecule is COc1ccccc1-n1nc(N)c(CN)c1N. The van der Waals surface area contributed by atoms with Crippen LogP contribution in [0.25, 0.3) is 5.69 Å². The van der Waals surface area contributed by atoms with Gasteiger partial charge in [0.15, 0.2) is 5.82 Å². The van der Waals surface area contributed by atoms with E-state index in [1.54, 1.807) is 7.11 Å². The van der Waals surface area contributed by atoms with Crippen LogP contribution in [0.4, 0.5) is 11.6 Å². The monoisotopic (exact) mass is 233 g/mol. The van der Waals surface area contributed by atoms with Crippen molar-refractivity contribution < 1.29 is 4.74 Å². The maximum atomic E-state index is 5.96. The number of rotatable bonds is 3. The number of benzene rings is 1. The molecule has 1 aromatic carbocycles. The van der Waals surface area contributed by atoms with E-state index in [0.717, 1.165) is 5.69 Å². The maximum Gasteiger partial charge on any atom is 0.152 e. The van der Waals surface area contributed by atoms with Crippen LogP contribution in [0.2, 0.25) is 0 Å². The van der Waals surface area contributed by atoms with E-state index in [2.05, 4.69) is 5.10 Å². The Hall–Kier alpha value is -2.21. The zero-order valence-electron chi connectivity index (χ0n) is 9.55. The normalized spacial score (nSPS) is 10.5. The third kappa shape index (κ3) is 1.78. The number of anilines is 2. The van der Waals surface area contributed by atoms with E-state index in [0.29, 0.717) is 22.9 Å². The summed E-state index contributed by atoms with van der Waals surface area (Å²) in [4.78, 5) is 0. The van der Waals surface area contributed by atoms with Gasteiger partial charge in [0, 0.05) is 6.54 Å². The van der Waals surface area contributed by atoms with Gasteiger partial charge in [0.25, 0.3) is 0 Å². The topological polar surface area (TPSA) is 105 Å². The van der Waals surface area contributed by atoms with E-state index in [9.17, 15) is 0 Å². The van der Waals surface area contributed by atoms with E-state index in [1.807, 2.05) is 24.3 Å². The van der Waals surface area contributed by atoms with Crippen molar-refractivity contribution in [2.75, 3.05) is 18.6 Å². The largest absolute Gasteiger partial charge is 0.494 e. The minimum Gasteiger partial charge on any atom is -0.494 e. The molecule has 2 aromatic rings. The number of aromatic nitrogens is 2. The van der Waals surface area contributed by atoms with E-state index in [1.165, 1.54) is 4.68 Å². The zero-order chi connectivity index (χ0) is 12.4. The fourth-order valence-electron chi connectivity index (χ4n) is 1.68. The Kier molecular flexibility index (Phi) is 2.88. The number of hydrogen-bond acceptors (Lipinski definition) is 5. The molecule has 0 aliphatic carbocycles. The molecule has 17 heavy (non-hydrogen) atoms. The molecule has 0 spiro atoms. The molecule has 0 radical (unpaired) electrons. The van der Waals surface area contributed by atoms with Crippen LogP contribution in [-0.4, -0.2) is 16.9 Å². The summed E-state index contributed by atoms with van der Waals surface area (Å²) < 4.78 is 6.79. The van der Waals surface area contributed by atoms with Crippen LogP contribution < -0.4 is 21.9 Å². The van der Waals surface area contributed by atoms with Crippen molar-refractivity contribution in [2.45, 2.75) is 6.54 Å². The van der Waals surface area contributed by atoms with Crippen LogP contribution in [0.15, 0.2) is 24.3 Å². The van der Waals surface area contributed by atoms with Crippen LogP contribution in [0.5, 0.6) is 5.75 Å². The number of para-hydroxylation sites is 2. The quantitative estimate of drug-likeness (QED) is 0.716. The lowest BCUT2D eigenvalue weighted by molar-refractivity contribution is 0.412. The molecule has 0 bridgehead atoms. The average Bonchev–Trinajstić information content (AvgIpc) is 2.64. The predicted octanol–water partition coefficient (Wildman–Crippen LogP) is 0.504. The number of nitrogens with zero attached hydrogens (tertiary/aromatic N) is 2. The Bertz CT molecular complexity index is 535. The highest BCUT2D eigenvalue weighted by atomic mass is 16.5. The lowest BCUT2D eigenvalue weighted by Crippen LogP contribution is -2.06. The van der Waals surface area contributed by atoms with Crippen molar-refractivity contribution in [2.24, 2.45) is 5.73 Å². The van der Waals surface area contributed by atoms with Crippen molar-refractivity contribution in [1.82, 2.24) is 9.78 Å². The summed E-state index contributed by atoms with van der Waals surface area (Å²) in [7, 11) is 1.59. The molecule has 6 nitrogen and oxygen atoms in total. The molecule has 0 fully saturated rings. The van der Waals surface area contributed by atoms with Crippen LogP contribution in [0.1, 0.15) is 5.56 Å². The smallest absolute Gasteiger partial charge is 0.152 e. The van der Waals surface area contributed by atoms with Gasteiger partial charge in [-0.05, 0) is 12.1 Å². The number of hydrogen-bond donors (Lipinski definition) is 3. The highest BCUT2D eigenvalue weighted by Crippen LogP contribution is 2.27. The highest BCUT2D eigenvalue weighted by molar-refractivity contribution is 5.60. The lowest BCUT2D eigenvalue weighted by atomic mass is 10.2. The van der Waals surface area contributed by atoms with E-state index < -0.39 is 0 Å². The molecule has 0 saturated heterocycles. The van der Waals surface area contributed by atoms with Crippen molar-refractivity contribution >= 4 is 11.6 Å². The van der Waals surface area contributed by atoms with Gasteiger partial charge in [-0.15, -0.1) is 5.10 Å². The van der Waals surface area contributed by atoms with Gasteiger partial charge >= 0.3 is 0 Å². The minimum absolute atomic E-state index is 0.257. The molecule has 0 aliphatic heterocycles. The molecule has 6 N–H and O–H groups in total. The van der Waals surface area contributed by atoms with Gasteiger partial charge in [-0.1, -0.05) is 12.1 Å². The van der Waals surface area contributed by atoms with Gasteiger partial charge in [0.05, 0.1) is 12.7 Å². The minimum atomic E-state index is 0.257. The Balaban J connectivity index is 2.61. The second-order valence-corrected chi connectivity index (χ2v) is 3.54. The summed E-state index contributed by atoms with van der Waals surface area (Å²) in [6.45, 7) is 0.257. The van der Waals surface area contributed by atoms with Crippen LogP contribution in [0.3, 0.4) is 0 Å². The van der Waals surface area contributed by atoms with Gasteiger partial charge < -0.3 is 21.9 Å². The fourth-order valence-corrected chi connectivity index (χ4v) is 1.68. The average molecular weight is 233 g/mol. The summed E-state index contributed by atoms with van der Waals surface area (Å²) in [6.07, 6.45) is 0. The van der Waals surface area contributed by atoms with Crippen molar-refractivity contribution in [3.8, 4) is 11.4 Å². The first-order valence-corrected chi connectivity index (χ1v) is 5.15. The van der Waals surface area contributed by atoms with Gasteiger partial charge in [0.2, 0.25) is 0 Å². The molecule has 1 heterocycles. The third-order valence-electron chi connectivity index (χ3n) is 2.57. The van der Waals surface area contributed by atoms with Gasteiger partial charge in [-0.25, -0.2) is 4.68 Å². The molecule has 2 rings (SSSR count). The first kappa shape index (κ1) is 11.3. The standard InChI is InChI=1S/C11H15N5O/c1-17-9-5-3-2-4-8(9)16-11(14)7(6-12)10(13)15-16/h2-5H,6,12,14H2,1H3,(H2,13,15). The van der Waals surface area contributed by atoms with Gasteiger partial charge in [-0.2, -0.15) is 0 Å². The van der Waals surface area contributed by atoms with Crippen molar-refractivity contribution in [3.05, 3.63) is 29.8 Å². The van der Waals surface area contributed by atoms with Crippen molar-refractivity contribution in [3.63, 3.8) is 0 Å². The Labute approximate surface area is 99.0 Å². The number of nitrogen functional groups attached to an aromatic ring is 2. The van der Waals surface area contributed by atoms with Crippen molar-refractivity contribution in [1.29, 1.82) is 0 Å². The Morgan fingerprint density at radius 2 is 2.00 bits per heavy atom. The fraction of sp³-hybridized carbons (Fsp3) is 0.182. The zero-order valence-corrected chi connectivity index (χ0v) is 9.55. The van der Waals surface area contributed by atoms with Gasteiger partial charge in [0.1, 0.15) is 17.3 Å². The Morgan fingerprint density at radius 3 is 2.59 bits per heavy atom. The summed E-state index contributed by atoms with van der Waals surface area (Å²) in [5, 5.41) is 4.17. The van der Waals surface area contributed by atoms with Crippen LogP contribution >= 0.6 is 0 Å². The molecule has 1 aromatic heterocycles. The molecule has 6 heteroatoms. The first-order valence-electron chi connectivity index (χ1n) is 5.15. The summed E-state index contributed by atoms with van der Waals surface area (Å²) in [6, 6.07) is 7.42. The van der Waals surface area contributed by atoms with E-state index >= 15 is 0 Å². The van der Waals surface area contributed by atoms with Crippen LogP contribution in [-0.2, 0) is 6.54 Å². The van der Waals surface area contributed by atoms with E-state index in [-0.39, 0.29) is 6.54 Å². The molecule has 0 saturated carbocycles. The summed E-state index contributed by atoms with van der Waals surface area (Å²) in [5.74, 6) is 1.45. The lowest BCUT2D eigenvalue weighted by Gasteiger charge is -2.09. The molecule has 0 atom stereocenters. The Morgan fingerprint density at radius 1 is 1.29 bits per heavy atom. The molecule has 0 aliphatic rings. The number of ether oxygens (including phenoxy) is 1. The second kappa shape index (κ2) is 4.34. The first-order chi connectivity index (χ1) is 8.19. The molecular formula is C11H15N5O. The second-order valence-electron chi connectivity index (χ2n) is 3.54. The maximum absolute atomic E-state index is 5.96. The number of nitrogens with two attached hydrogens (primary N) is 3. The predicted molar refractivity (Wildman–Crippen MR) is 66.8 cm³/mol.